The van der Waals surface area contributed by atoms with Crippen LogP contribution in [0.4, 0.5) is 0 Å². The molecular weight excluding hydrogens is 218 g/mol. The smallest absolute Gasteiger partial charge is 0.0639 e. The van der Waals surface area contributed by atoms with Gasteiger partial charge in [-0.1, -0.05) is 45.1 Å². The Morgan fingerprint density at radius 2 is 1.59 bits per heavy atom. The molecule has 0 heterocycles. The lowest BCUT2D eigenvalue weighted by atomic mass is 10.1. The van der Waals surface area contributed by atoms with Crippen molar-refractivity contribution < 1.29 is 15.0 Å². The topological polar surface area (TPSA) is 96.9 Å². The van der Waals surface area contributed by atoms with Crippen LogP contribution in [0.1, 0.15) is 58.8 Å². The van der Waals surface area contributed by atoms with Crippen molar-refractivity contribution in [2.45, 2.75) is 58.8 Å². The molecule has 0 aromatic carbocycles. The molecule has 0 atom stereocenters. The third kappa shape index (κ3) is 31.3. The number of hydrogen-bond acceptors (Lipinski definition) is 3. The van der Waals surface area contributed by atoms with E-state index in [2.05, 4.69) is 6.92 Å². The molecular formula is C13H29NO3. The molecule has 5 N–H and O–H groups in total. The Hall–Kier alpha value is -0.870. The highest BCUT2D eigenvalue weighted by molar-refractivity contribution is 5.77. The number of quaternary nitrogens is 1. The number of carboxylic acid groups (broad SMARTS) is 1. The third-order valence-corrected chi connectivity index (χ3v) is 1.98. The zero-order valence-electron chi connectivity index (χ0n) is 11.6. The van der Waals surface area contributed by atoms with E-state index in [1.54, 1.807) is 13.0 Å². The Kier molecular flexibility index (Phi) is 25.9. The quantitative estimate of drug-likeness (QED) is 0.509. The molecule has 0 saturated heterocycles. The van der Waals surface area contributed by atoms with E-state index < -0.39 is 5.97 Å². The molecule has 0 rings (SSSR count). The van der Waals surface area contributed by atoms with Crippen LogP contribution < -0.4 is 11.3 Å². The van der Waals surface area contributed by atoms with Crippen molar-refractivity contribution >= 4 is 5.97 Å². The van der Waals surface area contributed by atoms with Crippen molar-refractivity contribution in [1.82, 2.24) is 6.15 Å². The molecule has 0 unspecified atom stereocenters. The highest BCUT2D eigenvalue weighted by atomic mass is 16.4. The van der Waals surface area contributed by atoms with Gasteiger partial charge in [0.15, 0.2) is 0 Å². The number of carbonyl (C=O) groups is 1. The molecule has 4 heteroatoms. The average Bonchev–Trinajstić information content (AvgIpc) is 2.23. The van der Waals surface area contributed by atoms with E-state index >= 15 is 0 Å². The normalized spacial score (nSPS) is 9.35. The van der Waals surface area contributed by atoms with Crippen LogP contribution in [-0.4, -0.2) is 17.7 Å². The molecule has 0 radical (unpaired) electrons. The number of unbranched alkanes of at least 4 members (excludes halogenated alkanes) is 6. The Morgan fingerprint density at radius 3 is 2.06 bits per heavy atom. The van der Waals surface area contributed by atoms with E-state index in [0.717, 1.165) is 18.9 Å². The van der Waals surface area contributed by atoms with Crippen molar-refractivity contribution in [3.05, 3.63) is 12.2 Å². The first kappa shape index (κ1) is 21.4. The van der Waals surface area contributed by atoms with Crippen molar-refractivity contribution in [3.8, 4) is 0 Å². The van der Waals surface area contributed by atoms with Gasteiger partial charge >= 0.3 is 0 Å². The molecule has 0 aliphatic rings. The number of hydrogen-bond donors (Lipinski definition) is 2. The summed E-state index contributed by atoms with van der Waals surface area (Å²) >= 11 is 0. The second-order valence-corrected chi connectivity index (χ2v) is 3.59. The number of aliphatic hydroxyl groups excluding tert-OH is 1. The van der Waals surface area contributed by atoms with Crippen molar-refractivity contribution in [1.29, 1.82) is 0 Å². The first-order chi connectivity index (χ1) is 7.68. The van der Waals surface area contributed by atoms with E-state index in [1.165, 1.54) is 32.1 Å². The first-order valence-electron chi connectivity index (χ1n) is 6.17. The van der Waals surface area contributed by atoms with E-state index in [-0.39, 0.29) is 12.8 Å². The summed E-state index contributed by atoms with van der Waals surface area (Å²) in [5.41, 5.74) is 0. The average molecular weight is 247 g/mol. The number of rotatable bonds is 8. The molecule has 0 saturated carbocycles. The highest BCUT2D eigenvalue weighted by Crippen LogP contribution is 2.06. The Labute approximate surface area is 105 Å². The Bertz CT molecular complexity index is 170. The fourth-order valence-electron chi connectivity index (χ4n) is 1.22. The molecule has 0 aliphatic heterocycles. The molecule has 4 nitrogen and oxygen atoms in total. The van der Waals surface area contributed by atoms with Crippen LogP contribution in [0, 0.1) is 0 Å². The van der Waals surface area contributed by atoms with E-state index in [1.807, 2.05) is 0 Å². The monoisotopic (exact) mass is 247 g/mol. The lowest BCUT2D eigenvalue weighted by molar-refractivity contribution is -0.297. The van der Waals surface area contributed by atoms with Gasteiger partial charge in [0.25, 0.3) is 0 Å². The number of carboxylic acids is 1. The van der Waals surface area contributed by atoms with Gasteiger partial charge in [-0.3, -0.25) is 0 Å². The van der Waals surface area contributed by atoms with Gasteiger partial charge in [-0.2, -0.15) is 0 Å². The van der Waals surface area contributed by atoms with Gasteiger partial charge in [-0.15, -0.1) is 0 Å². The van der Waals surface area contributed by atoms with E-state index in [0.29, 0.717) is 0 Å². The lowest BCUT2D eigenvalue weighted by Gasteiger charge is -1.97. The van der Waals surface area contributed by atoms with Crippen LogP contribution in [0.25, 0.3) is 0 Å². The summed E-state index contributed by atoms with van der Waals surface area (Å²) in [6, 6.07) is 0. The predicted molar refractivity (Wildman–Crippen MR) is 70.9 cm³/mol. The number of allylic oxidation sites excluding steroid dienone is 1. The second-order valence-electron chi connectivity index (χ2n) is 3.59. The van der Waals surface area contributed by atoms with Crippen molar-refractivity contribution in [2.24, 2.45) is 0 Å². The summed E-state index contributed by atoms with van der Waals surface area (Å²) in [6.45, 7) is 4.13. The fourth-order valence-corrected chi connectivity index (χ4v) is 1.22. The maximum Gasteiger partial charge on any atom is 0.0639 e. The maximum absolute atomic E-state index is 9.98. The van der Waals surface area contributed by atoms with Gasteiger partial charge in [0, 0.05) is 6.61 Å². The Balaban J connectivity index is -0.000000440. The van der Waals surface area contributed by atoms with Crippen LogP contribution >= 0.6 is 0 Å². The van der Waals surface area contributed by atoms with Crippen LogP contribution in [0.5, 0.6) is 0 Å². The van der Waals surface area contributed by atoms with Crippen LogP contribution in [0.3, 0.4) is 0 Å². The fraction of sp³-hybridized carbons (Fsp3) is 0.769. The van der Waals surface area contributed by atoms with Crippen LogP contribution in [0.15, 0.2) is 12.2 Å². The number of carbonyl (C=O) groups excluding carboxylic acids is 1. The molecule has 17 heavy (non-hydrogen) atoms. The summed E-state index contributed by atoms with van der Waals surface area (Å²) in [4.78, 5) is 9.98. The van der Waals surface area contributed by atoms with Gasteiger partial charge in [-0.25, -0.2) is 0 Å². The van der Waals surface area contributed by atoms with Gasteiger partial charge in [0.05, 0.1) is 5.97 Å². The van der Waals surface area contributed by atoms with E-state index in [9.17, 15) is 9.90 Å². The molecule has 0 aliphatic carbocycles. The summed E-state index contributed by atoms with van der Waals surface area (Å²) in [6.07, 6.45) is 11.1. The second kappa shape index (κ2) is 20.5. The SMILES string of the molecule is CCCCCCCCC=CC(=O)[O-].CCO.[NH4+]. The lowest BCUT2D eigenvalue weighted by Crippen LogP contribution is -2.18. The molecule has 0 aromatic heterocycles. The first-order valence-corrected chi connectivity index (χ1v) is 6.17. The van der Waals surface area contributed by atoms with Crippen molar-refractivity contribution in [2.75, 3.05) is 6.61 Å². The van der Waals surface area contributed by atoms with Gasteiger partial charge in [-0.05, 0) is 25.8 Å². The van der Waals surface area contributed by atoms with Crippen molar-refractivity contribution in [3.63, 3.8) is 0 Å². The van der Waals surface area contributed by atoms with Gasteiger partial charge in [0.2, 0.25) is 0 Å². The minimum atomic E-state index is -1.09. The maximum atomic E-state index is 9.98. The predicted octanol–water partition coefficient (Wildman–Crippen LogP) is 2.42. The molecule has 0 amide bonds. The zero-order chi connectivity index (χ0) is 12.6. The third-order valence-electron chi connectivity index (χ3n) is 1.98. The van der Waals surface area contributed by atoms with E-state index in [4.69, 9.17) is 5.11 Å². The largest absolute Gasteiger partial charge is 0.545 e. The molecule has 104 valence electrons. The molecule has 0 fully saturated rings. The number of aliphatic hydroxyl groups is 1. The summed E-state index contributed by atoms with van der Waals surface area (Å²) in [5, 5.41) is 17.5. The summed E-state index contributed by atoms with van der Waals surface area (Å²) < 4.78 is 0. The Morgan fingerprint density at radius 1 is 1.12 bits per heavy atom. The minimum Gasteiger partial charge on any atom is -0.545 e. The highest BCUT2D eigenvalue weighted by Gasteiger charge is 1.87. The summed E-state index contributed by atoms with van der Waals surface area (Å²) in [7, 11) is 0. The molecule has 0 spiro atoms. The van der Waals surface area contributed by atoms with Crippen LogP contribution in [0.2, 0.25) is 0 Å². The summed E-state index contributed by atoms with van der Waals surface area (Å²) in [5.74, 6) is -1.09. The zero-order valence-corrected chi connectivity index (χ0v) is 11.6. The molecule has 0 aromatic rings. The standard InChI is InChI=1S/C11H20O2.C2H6O.H3N/c1-2-3-4-5-6-7-8-9-10-11(12)13;1-2-3;/h9-10H,2-8H2,1H3,(H,12,13);3H,2H2,1H3;1H3. The van der Waals surface area contributed by atoms with Crippen LogP contribution in [-0.2, 0) is 4.79 Å². The minimum absolute atomic E-state index is 0. The molecule has 0 bridgehead atoms. The number of aliphatic carboxylic acids is 1. The van der Waals surface area contributed by atoms with Gasteiger partial charge < -0.3 is 21.2 Å². The van der Waals surface area contributed by atoms with Gasteiger partial charge in [0.1, 0.15) is 0 Å².